The molecule has 2 nitrogen and oxygen atoms in total. The van der Waals surface area contributed by atoms with E-state index in [1.54, 1.807) is 18.6 Å². The smallest absolute Gasteiger partial charge is 0.0627 e. The molecule has 0 aromatic carbocycles. The molecule has 0 saturated heterocycles. The van der Waals surface area contributed by atoms with Gasteiger partial charge in [0, 0.05) is 24.2 Å². The van der Waals surface area contributed by atoms with Gasteiger partial charge in [-0.05, 0) is 19.1 Å². The van der Waals surface area contributed by atoms with Gasteiger partial charge in [-0.25, -0.2) is 0 Å². The molecule has 56 valence electrons. The average molecular weight is 146 g/mol. The van der Waals surface area contributed by atoms with Gasteiger partial charge in [-0.3, -0.25) is 9.98 Å². The topological polar surface area (TPSA) is 25.2 Å². The van der Waals surface area contributed by atoms with Crippen LogP contribution >= 0.6 is 0 Å². The van der Waals surface area contributed by atoms with Crippen molar-refractivity contribution in [3.05, 3.63) is 36.7 Å². The number of hydrogen-bond acceptors (Lipinski definition) is 2. The molecule has 11 heavy (non-hydrogen) atoms. The van der Waals surface area contributed by atoms with Crippen molar-refractivity contribution in [2.45, 2.75) is 6.92 Å². The molecule has 0 bridgehead atoms. The van der Waals surface area contributed by atoms with Crippen molar-refractivity contribution in [2.75, 3.05) is 0 Å². The van der Waals surface area contributed by atoms with E-state index in [0.29, 0.717) is 0 Å². The Labute approximate surface area is 66.3 Å². The molecule has 0 amide bonds. The number of nitrogens with zero attached hydrogens (tertiary/aromatic N) is 2. The molecule has 0 aliphatic carbocycles. The van der Waals surface area contributed by atoms with Gasteiger partial charge in [-0.15, -0.1) is 0 Å². The molecule has 0 radical (unpaired) electrons. The summed E-state index contributed by atoms with van der Waals surface area (Å²) in [6.07, 6.45) is 5.18. The van der Waals surface area contributed by atoms with Gasteiger partial charge in [-0.2, -0.15) is 0 Å². The predicted molar refractivity (Wildman–Crippen MR) is 47.4 cm³/mol. The van der Waals surface area contributed by atoms with Crippen molar-refractivity contribution < 1.29 is 0 Å². The molecular formula is C9H10N2. The fraction of sp³-hybridized carbons (Fsp3) is 0.111. The third-order valence-corrected chi connectivity index (χ3v) is 1.30. The molecule has 1 aromatic heterocycles. The Morgan fingerprint density at radius 1 is 1.55 bits per heavy atom. The van der Waals surface area contributed by atoms with Crippen LogP contribution in [0.2, 0.25) is 0 Å². The summed E-state index contributed by atoms with van der Waals surface area (Å²) in [6, 6.07) is 3.77. The molecule has 0 saturated carbocycles. The van der Waals surface area contributed by atoms with Gasteiger partial charge in [0.05, 0.1) is 5.70 Å². The molecule has 2 heteroatoms. The van der Waals surface area contributed by atoms with Gasteiger partial charge in [0.1, 0.15) is 0 Å². The molecule has 0 unspecified atom stereocenters. The first kappa shape index (κ1) is 7.66. The van der Waals surface area contributed by atoms with Crippen molar-refractivity contribution in [1.29, 1.82) is 0 Å². The van der Waals surface area contributed by atoms with Gasteiger partial charge in [0.25, 0.3) is 0 Å². The molecule has 0 N–H and O–H groups in total. The van der Waals surface area contributed by atoms with Crippen molar-refractivity contribution in [3.63, 3.8) is 0 Å². The highest BCUT2D eigenvalue weighted by Crippen LogP contribution is 2.10. The standard InChI is InChI=1S/C9H10N2/c1-3-11-8(2)9-4-6-10-7-5-9/h3-7H,2H2,1H3. The average Bonchev–Trinajstić information content (AvgIpc) is 2.07. The lowest BCUT2D eigenvalue weighted by Gasteiger charge is -1.96. The predicted octanol–water partition coefficient (Wildman–Crippen LogP) is 2.14. The van der Waals surface area contributed by atoms with E-state index in [0.717, 1.165) is 11.3 Å². The Morgan fingerprint density at radius 2 is 2.18 bits per heavy atom. The monoisotopic (exact) mass is 146 g/mol. The van der Waals surface area contributed by atoms with Crippen molar-refractivity contribution >= 4 is 11.9 Å². The van der Waals surface area contributed by atoms with Crippen molar-refractivity contribution in [1.82, 2.24) is 4.98 Å². The highest BCUT2D eigenvalue weighted by atomic mass is 14.7. The van der Waals surface area contributed by atoms with E-state index >= 15 is 0 Å². The minimum atomic E-state index is 0.773. The quantitative estimate of drug-likeness (QED) is 0.587. The van der Waals surface area contributed by atoms with Crippen LogP contribution in [0.4, 0.5) is 0 Å². The largest absolute Gasteiger partial charge is 0.265 e. The van der Waals surface area contributed by atoms with Crippen LogP contribution in [-0.4, -0.2) is 11.2 Å². The highest BCUT2D eigenvalue weighted by Gasteiger charge is 1.91. The Balaban J connectivity index is 2.86. The molecule has 1 rings (SSSR count). The van der Waals surface area contributed by atoms with Gasteiger partial charge < -0.3 is 0 Å². The van der Waals surface area contributed by atoms with Gasteiger partial charge >= 0.3 is 0 Å². The first-order chi connectivity index (χ1) is 5.34. The van der Waals surface area contributed by atoms with Crippen molar-refractivity contribution in [2.24, 2.45) is 4.99 Å². The lowest BCUT2D eigenvalue weighted by Crippen LogP contribution is -1.79. The van der Waals surface area contributed by atoms with Crippen LogP contribution in [0.25, 0.3) is 5.70 Å². The maximum Gasteiger partial charge on any atom is 0.0627 e. The van der Waals surface area contributed by atoms with Crippen LogP contribution in [0, 0.1) is 0 Å². The molecule has 1 heterocycles. The van der Waals surface area contributed by atoms with E-state index in [4.69, 9.17) is 0 Å². The summed E-state index contributed by atoms with van der Waals surface area (Å²) >= 11 is 0. The summed E-state index contributed by atoms with van der Waals surface area (Å²) in [5.74, 6) is 0. The van der Waals surface area contributed by atoms with Gasteiger partial charge in [0.15, 0.2) is 0 Å². The first-order valence-corrected chi connectivity index (χ1v) is 3.42. The molecule has 0 aliphatic rings. The van der Waals surface area contributed by atoms with E-state index in [-0.39, 0.29) is 0 Å². The summed E-state index contributed by atoms with van der Waals surface area (Å²) in [5.41, 5.74) is 1.79. The summed E-state index contributed by atoms with van der Waals surface area (Å²) in [4.78, 5) is 7.94. The number of aliphatic imine (C=N–C) groups is 1. The summed E-state index contributed by atoms with van der Waals surface area (Å²) in [6.45, 7) is 5.66. The van der Waals surface area contributed by atoms with Crippen LogP contribution in [-0.2, 0) is 0 Å². The zero-order valence-electron chi connectivity index (χ0n) is 6.49. The Kier molecular flexibility index (Phi) is 2.55. The normalized spacial score (nSPS) is 10.3. The second-order valence-electron chi connectivity index (χ2n) is 2.07. The fourth-order valence-electron chi connectivity index (χ4n) is 0.775. The maximum absolute atomic E-state index is 4.05. The molecule has 0 atom stereocenters. The molecule has 1 aromatic rings. The molecule has 0 fully saturated rings. The van der Waals surface area contributed by atoms with Crippen LogP contribution in [0.15, 0.2) is 36.1 Å². The lowest BCUT2D eigenvalue weighted by molar-refractivity contribution is 1.31. The SMILES string of the molecule is C=C(N=CC)c1ccncc1. The summed E-state index contributed by atoms with van der Waals surface area (Å²) < 4.78 is 0. The lowest BCUT2D eigenvalue weighted by atomic mass is 10.2. The molecular weight excluding hydrogens is 136 g/mol. The van der Waals surface area contributed by atoms with Gasteiger partial charge in [-0.1, -0.05) is 6.58 Å². The third kappa shape index (κ3) is 2.00. The highest BCUT2D eigenvalue weighted by molar-refractivity contribution is 5.70. The Bertz CT molecular complexity index is 262. The van der Waals surface area contributed by atoms with E-state index in [9.17, 15) is 0 Å². The second kappa shape index (κ2) is 3.66. The first-order valence-electron chi connectivity index (χ1n) is 3.42. The van der Waals surface area contributed by atoms with Crippen molar-refractivity contribution in [3.8, 4) is 0 Å². The van der Waals surface area contributed by atoms with E-state index in [2.05, 4.69) is 16.6 Å². The maximum atomic E-state index is 4.05. The minimum Gasteiger partial charge on any atom is -0.265 e. The summed E-state index contributed by atoms with van der Waals surface area (Å²) in [5, 5.41) is 0. The number of rotatable bonds is 2. The second-order valence-corrected chi connectivity index (χ2v) is 2.07. The molecule has 0 spiro atoms. The van der Waals surface area contributed by atoms with Crippen LogP contribution < -0.4 is 0 Å². The number of hydrogen-bond donors (Lipinski definition) is 0. The third-order valence-electron chi connectivity index (χ3n) is 1.30. The summed E-state index contributed by atoms with van der Waals surface area (Å²) in [7, 11) is 0. The number of aromatic nitrogens is 1. The Morgan fingerprint density at radius 3 is 2.73 bits per heavy atom. The fourth-order valence-corrected chi connectivity index (χ4v) is 0.775. The zero-order chi connectivity index (χ0) is 8.10. The molecule has 0 aliphatic heterocycles. The van der Waals surface area contributed by atoms with E-state index in [1.165, 1.54) is 0 Å². The van der Waals surface area contributed by atoms with E-state index < -0.39 is 0 Å². The Hall–Kier alpha value is -1.44. The van der Waals surface area contributed by atoms with Crippen LogP contribution in [0.3, 0.4) is 0 Å². The number of pyridine rings is 1. The van der Waals surface area contributed by atoms with Crippen LogP contribution in [0.5, 0.6) is 0 Å². The van der Waals surface area contributed by atoms with Gasteiger partial charge in [0.2, 0.25) is 0 Å². The zero-order valence-corrected chi connectivity index (χ0v) is 6.49. The van der Waals surface area contributed by atoms with Crippen LogP contribution in [0.1, 0.15) is 12.5 Å². The minimum absolute atomic E-state index is 0.773. The van der Waals surface area contributed by atoms with E-state index in [1.807, 2.05) is 19.1 Å².